The van der Waals surface area contributed by atoms with Gasteiger partial charge in [-0.2, -0.15) is 0 Å². The Morgan fingerprint density at radius 1 is 0.864 bits per heavy atom. The highest BCUT2D eigenvalue weighted by Gasteiger charge is 2.09. The maximum Gasteiger partial charge on any atom is 0.239 e. The molecule has 0 aliphatic carbocycles. The molecule has 2 rings (SSSR count). The molecule has 0 radical (unpaired) electrons. The van der Waals surface area contributed by atoms with Gasteiger partial charge in [-0.1, -0.05) is 48.5 Å². The summed E-state index contributed by atoms with van der Waals surface area (Å²) in [5.41, 5.74) is 1.29. The van der Waals surface area contributed by atoms with Crippen LogP contribution in [0.4, 0.5) is 4.39 Å². The van der Waals surface area contributed by atoms with Gasteiger partial charge in [0.25, 0.3) is 0 Å². The number of nitrogens with one attached hydrogen (secondary N) is 2. The van der Waals surface area contributed by atoms with E-state index in [4.69, 9.17) is 0 Å². The van der Waals surface area contributed by atoms with Crippen molar-refractivity contribution in [3.8, 4) is 0 Å². The van der Waals surface area contributed by atoms with E-state index < -0.39 is 5.82 Å². The third-order valence-electron chi connectivity index (χ3n) is 3.09. The van der Waals surface area contributed by atoms with Gasteiger partial charge >= 0.3 is 0 Å². The summed E-state index contributed by atoms with van der Waals surface area (Å²) in [5.74, 6) is -1.10. The van der Waals surface area contributed by atoms with E-state index in [-0.39, 0.29) is 24.8 Å². The first-order chi connectivity index (χ1) is 10.6. The number of hydrogen-bond acceptors (Lipinski definition) is 2. The largest absolute Gasteiger partial charge is 0.350 e. The Labute approximate surface area is 128 Å². The molecule has 0 fully saturated rings. The molecular weight excluding hydrogens is 283 g/mol. The van der Waals surface area contributed by atoms with Gasteiger partial charge in [0.05, 0.1) is 13.0 Å². The molecule has 2 aromatic rings. The van der Waals surface area contributed by atoms with Crippen LogP contribution in [0.5, 0.6) is 0 Å². The van der Waals surface area contributed by atoms with Gasteiger partial charge in [0.2, 0.25) is 11.8 Å². The second-order valence-corrected chi connectivity index (χ2v) is 4.81. The Balaban J connectivity index is 1.72. The average molecular weight is 300 g/mol. The van der Waals surface area contributed by atoms with Crippen LogP contribution in [0.25, 0.3) is 0 Å². The maximum absolute atomic E-state index is 13.4. The highest BCUT2D eigenvalue weighted by Crippen LogP contribution is 2.06. The van der Waals surface area contributed by atoms with Crippen LogP contribution in [0.3, 0.4) is 0 Å². The van der Waals surface area contributed by atoms with E-state index in [1.807, 2.05) is 30.3 Å². The van der Waals surface area contributed by atoms with Crippen molar-refractivity contribution in [1.29, 1.82) is 0 Å². The molecular formula is C17H17FN2O2. The van der Waals surface area contributed by atoms with Crippen LogP contribution in [0.1, 0.15) is 11.1 Å². The zero-order chi connectivity index (χ0) is 15.8. The molecule has 0 heterocycles. The van der Waals surface area contributed by atoms with E-state index in [2.05, 4.69) is 10.6 Å². The molecule has 0 spiro atoms. The first kappa shape index (κ1) is 15.7. The zero-order valence-electron chi connectivity index (χ0n) is 12.0. The van der Waals surface area contributed by atoms with Crippen LogP contribution in [-0.4, -0.2) is 18.4 Å². The fourth-order valence-electron chi connectivity index (χ4n) is 1.92. The lowest BCUT2D eigenvalue weighted by molar-refractivity contribution is -0.125. The molecule has 0 aromatic heterocycles. The number of benzene rings is 2. The van der Waals surface area contributed by atoms with Gasteiger partial charge in [-0.05, 0) is 17.2 Å². The first-order valence-corrected chi connectivity index (χ1v) is 6.96. The lowest BCUT2D eigenvalue weighted by Gasteiger charge is -2.07. The molecule has 4 nitrogen and oxygen atoms in total. The minimum absolute atomic E-state index is 0.0847. The van der Waals surface area contributed by atoms with Gasteiger partial charge < -0.3 is 10.6 Å². The van der Waals surface area contributed by atoms with Crippen molar-refractivity contribution >= 4 is 11.8 Å². The van der Waals surface area contributed by atoms with Gasteiger partial charge in [0.15, 0.2) is 0 Å². The third-order valence-corrected chi connectivity index (χ3v) is 3.09. The molecule has 0 unspecified atom stereocenters. The van der Waals surface area contributed by atoms with Gasteiger partial charge in [-0.25, -0.2) is 4.39 Å². The maximum atomic E-state index is 13.4. The minimum Gasteiger partial charge on any atom is -0.350 e. The van der Waals surface area contributed by atoms with E-state index in [0.717, 1.165) is 5.56 Å². The van der Waals surface area contributed by atoms with Crippen LogP contribution in [0.2, 0.25) is 0 Å². The standard InChI is InChI=1S/C17H17FN2O2/c18-15-9-5-4-8-14(15)10-16(21)20-12-17(22)19-11-13-6-2-1-3-7-13/h1-9H,10-12H2,(H,19,22)(H,20,21). The van der Waals surface area contributed by atoms with Crippen LogP contribution in [0, 0.1) is 5.82 Å². The molecule has 2 amide bonds. The van der Waals surface area contributed by atoms with Crippen molar-refractivity contribution in [3.05, 3.63) is 71.5 Å². The van der Waals surface area contributed by atoms with E-state index in [1.165, 1.54) is 6.07 Å². The Morgan fingerprint density at radius 3 is 2.27 bits per heavy atom. The Morgan fingerprint density at radius 2 is 1.55 bits per heavy atom. The number of carbonyl (C=O) groups is 2. The van der Waals surface area contributed by atoms with Crippen LogP contribution < -0.4 is 10.6 Å². The van der Waals surface area contributed by atoms with Crippen molar-refractivity contribution in [2.24, 2.45) is 0 Å². The SMILES string of the molecule is O=C(CNC(=O)Cc1ccccc1F)NCc1ccccc1. The lowest BCUT2D eigenvalue weighted by atomic mass is 10.1. The predicted molar refractivity (Wildman–Crippen MR) is 81.4 cm³/mol. The van der Waals surface area contributed by atoms with Gasteiger partial charge in [-0.15, -0.1) is 0 Å². The second-order valence-electron chi connectivity index (χ2n) is 4.81. The molecule has 2 N–H and O–H groups in total. The fraction of sp³-hybridized carbons (Fsp3) is 0.176. The summed E-state index contributed by atoms with van der Waals surface area (Å²) in [7, 11) is 0. The highest BCUT2D eigenvalue weighted by atomic mass is 19.1. The molecule has 2 aromatic carbocycles. The van der Waals surface area contributed by atoms with Crippen molar-refractivity contribution in [1.82, 2.24) is 10.6 Å². The molecule has 0 saturated carbocycles. The van der Waals surface area contributed by atoms with E-state index in [0.29, 0.717) is 12.1 Å². The van der Waals surface area contributed by atoms with Crippen molar-refractivity contribution < 1.29 is 14.0 Å². The highest BCUT2D eigenvalue weighted by molar-refractivity contribution is 5.85. The summed E-state index contributed by atoms with van der Waals surface area (Å²) in [5, 5.41) is 5.18. The molecule has 0 bridgehead atoms. The normalized spacial score (nSPS) is 10.0. The van der Waals surface area contributed by atoms with E-state index in [9.17, 15) is 14.0 Å². The van der Waals surface area contributed by atoms with Gasteiger partial charge in [0.1, 0.15) is 5.82 Å². The number of halogens is 1. The smallest absolute Gasteiger partial charge is 0.239 e. The Kier molecular flexibility index (Phi) is 5.65. The fourth-order valence-corrected chi connectivity index (χ4v) is 1.92. The third kappa shape index (κ3) is 5.01. The Hall–Kier alpha value is -2.69. The summed E-state index contributed by atoms with van der Waals surface area (Å²) < 4.78 is 13.4. The van der Waals surface area contributed by atoms with Gasteiger partial charge in [0, 0.05) is 6.54 Å². The lowest BCUT2D eigenvalue weighted by Crippen LogP contribution is -2.37. The van der Waals surface area contributed by atoms with Crippen molar-refractivity contribution in [2.75, 3.05) is 6.54 Å². The quantitative estimate of drug-likeness (QED) is 0.854. The summed E-state index contributed by atoms with van der Waals surface area (Å²) in [6.45, 7) is 0.281. The predicted octanol–water partition coefficient (Wildman–Crippen LogP) is 1.80. The summed E-state index contributed by atoms with van der Waals surface area (Å²) in [6.07, 6.45) is -0.0847. The molecule has 0 atom stereocenters. The summed E-state index contributed by atoms with van der Waals surface area (Å²) in [6, 6.07) is 15.5. The molecule has 5 heteroatoms. The number of hydrogen-bond donors (Lipinski definition) is 2. The van der Waals surface area contributed by atoms with Crippen LogP contribution in [-0.2, 0) is 22.6 Å². The average Bonchev–Trinajstić information content (AvgIpc) is 2.54. The minimum atomic E-state index is -0.425. The monoisotopic (exact) mass is 300 g/mol. The molecule has 114 valence electrons. The van der Waals surface area contributed by atoms with Crippen molar-refractivity contribution in [3.63, 3.8) is 0 Å². The first-order valence-electron chi connectivity index (χ1n) is 6.96. The molecule has 0 aliphatic heterocycles. The number of amides is 2. The van der Waals surface area contributed by atoms with Crippen molar-refractivity contribution in [2.45, 2.75) is 13.0 Å². The van der Waals surface area contributed by atoms with E-state index >= 15 is 0 Å². The topological polar surface area (TPSA) is 58.2 Å². The van der Waals surface area contributed by atoms with E-state index in [1.54, 1.807) is 18.2 Å². The number of carbonyl (C=O) groups excluding carboxylic acids is 2. The molecule has 22 heavy (non-hydrogen) atoms. The zero-order valence-corrected chi connectivity index (χ0v) is 12.0. The number of rotatable bonds is 6. The summed E-state index contributed by atoms with van der Waals surface area (Å²) in [4.78, 5) is 23.3. The van der Waals surface area contributed by atoms with Gasteiger partial charge in [-0.3, -0.25) is 9.59 Å². The van der Waals surface area contributed by atoms with Crippen LogP contribution >= 0.6 is 0 Å². The molecule has 0 saturated heterocycles. The Bertz CT molecular complexity index is 644. The summed E-state index contributed by atoms with van der Waals surface area (Å²) >= 11 is 0. The molecule has 0 aliphatic rings. The van der Waals surface area contributed by atoms with Crippen LogP contribution in [0.15, 0.2) is 54.6 Å². The second kappa shape index (κ2) is 7.93.